The first kappa shape index (κ1) is 14.4. The molecule has 0 atom stereocenters. The molecule has 0 spiro atoms. The normalized spacial score (nSPS) is 17.8. The first-order chi connectivity index (χ1) is 8.51. The fourth-order valence-corrected chi connectivity index (χ4v) is 3.32. The molecular weight excluding hydrogens is 310 g/mol. The smallest absolute Gasteiger partial charge is 0.0449 e. The van der Waals surface area contributed by atoms with Gasteiger partial charge in [0, 0.05) is 22.1 Å². The lowest BCUT2D eigenvalue weighted by Gasteiger charge is -2.43. The molecule has 0 bridgehead atoms. The van der Waals surface area contributed by atoms with Crippen LogP contribution >= 0.6 is 27.5 Å². The molecule has 1 saturated carbocycles. The predicted molar refractivity (Wildman–Crippen MR) is 82.3 cm³/mol. The van der Waals surface area contributed by atoms with Gasteiger partial charge in [0.05, 0.1) is 0 Å². The summed E-state index contributed by atoms with van der Waals surface area (Å²) in [5.74, 6) is 0. The summed E-state index contributed by atoms with van der Waals surface area (Å²) in [6, 6.07) is 6.80. The van der Waals surface area contributed by atoms with E-state index in [2.05, 4.69) is 47.2 Å². The molecule has 1 N–H and O–H groups in total. The molecule has 18 heavy (non-hydrogen) atoms. The molecule has 0 aliphatic heterocycles. The highest BCUT2D eigenvalue weighted by Gasteiger charge is 2.37. The molecule has 0 saturated heterocycles. The number of nitrogens with one attached hydrogen (secondary N) is 1. The Morgan fingerprint density at radius 1 is 1.39 bits per heavy atom. The van der Waals surface area contributed by atoms with Crippen molar-refractivity contribution in [1.82, 2.24) is 5.32 Å². The highest BCUT2D eigenvalue weighted by Crippen LogP contribution is 2.44. The van der Waals surface area contributed by atoms with E-state index in [1.165, 1.54) is 24.8 Å². The monoisotopic (exact) mass is 329 g/mol. The van der Waals surface area contributed by atoms with Gasteiger partial charge >= 0.3 is 0 Å². The van der Waals surface area contributed by atoms with Gasteiger partial charge in [-0.2, -0.15) is 0 Å². The van der Waals surface area contributed by atoms with E-state index in [-0.39, 0.29) is 0 Å². The van der Waals surface area contributed by atoms with Crippen molar-refractivity contribution in [3.63, 3.8) is 0 Å². The Kier molecular flexibility index (Phi) is 4.74. The van der Waals surface area contributed by atoms with Gasteiger partial charge in [0.25, 0.3) is 0 Å². The van der Waals surface area contributed by atoms with Crippen molar-refractivity contribution in [3.8, 4) is 0 Å². The molecular formula is C15H21BrClN. The number of hydrogen-bond donors (Lipinski definition) is 1. The first-order valence-electron chi connectivity index (χ1n) is 6.68. The zero-order chi connectivity index (χ0) is 13.2. The molecule has 0 radical (unpaired) electrons. The van der Waals surface area contributed by atoms with Crippen LogP contribution in [0, 0.1) is 5.41 Å². The maximum absolute atomic E-state index is 6.33. The zero-order valence-electron chi connectivity index (χ0n) is 11.1. The lowest BCUT2D eigenvalue weighted by molar-refractivity contribution is 0.127. The van der Waals surface area contributed by atoms with Gasteiger partial charge in [-0.25, -0.2) is 0 Å². The van der Waals surface area contributed by atoms with Crippen LogP contribution < -0.4 is 5.32 Å². The number of hydrogen-bond acceptors (Lipinski definition) is 1. The topological polar surface area (TPSA) is 12.0 Å². The Hall–Kier alpha value is -0.0500. The van der Waals surface area contributed by atoms with Crippen LogP contribution in [0.4, 0.5) is 0 Å². The molecule has 1 fully saturated rings. The zero-order valence-corrected chi connectivity index (χ0v) is 13.4. The van der Waals surface area contributed by atoms with Gasteiger partial charge < -0.3 is 5.32 Å². The maximum atomic E-state index is 6.33. The van der Waals surface area contributed by atoms with Crippen LogP contribution in [0.1, 0.15) is 38.7 Å². The molecule has 0 aromatic heterocycles. The second-order valence-corrected chi connectivity index (χ2v) is 7.12. The Morgan fingerprint density at radius 3 is 2.61 bits per heavy atom. The van der Waals surface area contributed by atoms with E-state index in [4.69, 9.17) is 11.6 Å². The van der Waals surface area contributed by atoms with Crippen molar-refractivity contribution in [3.05, 3.63) is 33.3 Å². The molecule has 1 aromatic rings. The summed E-state index contributed by atoms with van der Waals surface area (Å²) in [5, 5.41) is 4.48. The van der Waals surface area contributed by atoms with E-state index in [0.29, 0.717) is 11.5 Å². The lowest BCUT2D eigenvalue weighted by atomic mass is 9.65. The molecule has 0 heterocycles. The molecule has 3 heteroatoms. The summed E-state index contributed by atoms with van der Waals surface area (Å²) in [6.45, 7) is 5.52. The number of rotatable bonds is 5. The van der Waals surface area contributed by atoms with E-state index >= 15 is 0 Å². The van der Waals surface area contributed by atoms with Gasteiger partial charge in [-0.1, -0.05) is 53.9 Å². The Labute approximate surface area is 123 Å². The van der Waals surface area contributed by atoms with Crippen LogP contribution in [0.2, 0.25) is 5.02 Å². The maximum Gasteiger partial charge on any atom is 0.0449 e. The molecule has 0 amide bonds. The highest BCUT2D eigenvalue weighted by atomic mass is 79.9. The van der Waals surface area contributed by atoms with Crippen LogP contribution in [0.15, 0.2) is 22.7 Å². The quantitative estimate of drug-likeness (QED) is 0.816. The van der Waals surface area contributed by atoms with Crippen molar-refractivity contribution in [2.75, 3.05) is 6.54 Å². The first-order valence-corrected chi connectivity index (χ1v) is 7.85. The summed E-state index contributed by atoms with van der Waals surface area (Å²) in [6.07, 6.45) is 5.09. The minimum absolute atomic E-state index is 0.432. The Bertz CT molecular complexity index is 413. The van der Waals surface area contributed by atoms with Crippen molar-refractivity contribution in [2.24, 2.45) is 5.41 Å². The van der Waals surface area contributed by atoms with Crippen molar-refractivity contribution < 1.29 is 0 Å². The van der Waals surface area contributed by atoms with E-state index < -0.39 is 0 Å². The third-order valence-electron chi connectivity index (χ3n) is 3.88. The van der Waals surface area contributed by atoms with E-state index in [1.54, 1.807) is 0 Å². The third-order valence-corrected chi connectivity index (χ3v) is 4.73. The van der Waals surface area contributed by atoms with Crippen LogP contribution in [0.3, 0.4) is 0 Å². The van der Waals surface area contributed by atoms with Gasteiger partial charge in [-0.05, 0) is 42.4 Å². The fraction of sp³-hybridized carbons (Fsp3) is 0.600. The average molecular weight is 331 g/mol. The predicted octanol–water partition coefficient (Wildman–Crippen LogP) is 4.81. The summed E-state index contributed by atoms with van der Waals surface area (Å²) in [7, 11) is 0. The van der Waals surface area contributed by atoms with Crippen LogP contribution in [0.5, 0.6) is 0 Å². The van der Waals surface area contributed by atoms with E-state index in [0.717, 1.165) is 22.5 Å². The van der Waals surface area contributed by atoms with E-state index in [9.17, 15) is 0 Å². The van der Waals surface area contributed by atoms with Crippen LogP contribution in [-0.4, -0.2) is 12.6 Å². The Morgan fingerprint density at radius 2 is 2.11 bits per heavy atom. The largest absolute Gasteiger partial charge is 0.314 e. The summed E-state index contributed by atoms with van der Waals surface area (Å²) >= 11 is 9.79. The van der Waals surface area contributed by atoms with Crippen molar-refractivity contribution in [1.29, 1.82) is 0 Å². The number of benzene rings is 1. The molecule has 0 unspecified atom stereocenters. The summed E-state index contributed by atoms with van der Waals surface area (Å²) < 4.78 is 1.05. The SMILES string of the molecule is CC(C)NCC1(Cc2ccc(Br)cc2Cl)CCC1. The Balaban J connectivity index is 2.05. The minimum atomic E-state index is 0.432. The fourth-order valence-electron chi connectivity index (χ4n) is 2.58. The van der Waals surface area contributed by atoms with Gasteiger partial charge in [0.2, 0.25) is 0 Å². The second kappa shape index (κ2) is 5.94. The van der Waals surface area contributed by atoms with Gasteiger partial charge in [-0.3, -0.25) is 0 Å². The van der Waals surface area contributed by atoms with Crippen LogP contribution in [-0.2, 0) is 6.42 Å². The minimum Gasteiger partial charge on any atom is -0.314 e. The van der Waals surface area contributed by atoms with Crippen LogP contribution in [0.25, 0.3) is 0 Å². The van der Waals surface area contributed by atoms with E-state index in [1.807, 2.05) is 6.07 Å². The standard InChI is InChI=1S/C15H21BrClN/c1-11(2)18-10-15(6-3-7-15)9-12-4-5-13(16)8-14(12)17/h4-5,8,11,18H,3,6-7,9-10H2,1-2H3. The molecule has 1 aliphatic rings. The number of halogens is 2. The van der Waals surface area contributed by atoms with Crippen molar-refractivity contribution >= 4 is 27.5 Å². The third kappa shape index (κ3) is 3.49. The molecule has 2 rings (SSSR count). The second-order valence-electron chi connectivity index (χ2n) is 5.80. The molecule has 1 nitrogen and oxygen atoms in total. The lowest BCUT2D eigenvalue weighted by Crippen LogP contribution is -2.43. The van der Waals surface area contributed by atoms with Gasteiger partial charge in [0.1, 0.15) is 0 Å². The molecule has 1 aliphatic carbocycles. The molecule has 100 valence electrons. The van der Waals surface area contributed by atoms with Crippen molar-refractivity contribution in [2.45, 2.75) is 45.6 Å². The highest BCUT2D eigenvalue weighted by molar-refractivity contribution is 9.10. The molecule has 1 aromatic carbocycles. The average Bonchev–Trinajstić information content (AvgIpc) is 2.24. The van der Waals surface area contributed by atoms with Gasteiger partial charge in [-0.15, -0.1) is 0 Å². The summed E-state index contributed by atoms with van der Waals surface area (Å²) in [5.41, 5.74) is 1.71. The summed E-state index contributed by atoms with van der Waals surface area (Å²) in [4.78, 5) is 0. The van der Waals surface area contributed by atoms with Gasteiger partial charge in [0.15, 0.2) is 0 Å².